The normalized spacial score (nSPS) is 14.0. The molecule has 0 aromatic heterocycles. The van der Waals surface area contributed by atoms with Crippen LogP contribution in [0.15, 0.2) is 41.3 Å². The van der Waals surface area contributed by atoms with Crippen molar-refractivity contribution in [3.8, 4) is 5.75 Å². The Morgan fingerprint density at radius 1 is 1.23 bits per heavy atom. The number of methoxy groups -OCH3 is 1. The lowest BCUT2D eigenvalue weighted by Gasteiger charge is -2.21. The Labute approximate surface area is 129 Å². The van der Waals surface area contributed by atoms with E-state index in [-0.39, 0.29) is 22.9 Å². The highest BCUT2D eigenvalue weighted by Crippen LogP contribution is 2.37. The summed E-state index contributed by atoms with van der Waals surface area (Å²) in [5.74, 6) is -0.263. The zero-order valence-electron chi connectivity index (χ0n) is 12.3. The second-order valence-electron chi connectivity index (χ2n) is 5.23. The number of rotatable bonds is 3. The molecule has 0 atom stereocenters. The van der Waals surface area contributed by atoms with Crippen molar-refractivity contribution in [1.29, 1.82) is 0 Å². The number of ether oxygens (including phenoxy) is 1. The van der Waals surface area contributed by atoms with E-state index < -0.39 is 15.8 Å². The summed E-state index contributed by atoms with van der Waals surface area (Å²) in [6.07, 6.45) is 0.500. The van der Waals surface area contributed by atoms with Crippen LogP contribution in [0, 0.1) is 12.7 Å². The van der Waals surface area contributed by atoms with Crippen LogP contribution in [0.2, 0.25) is 0 Å². The van der Waals surface area contributed by atoms with E-state index in [0.29, 0.717) is 12.0 Å². The summed E-state index contributed by atoms with van der Waals surface area (Å²) in [6.45, 7) is 2.03. The highest BCUT2D eigenvalue weighted by Gasteiger charge is 2.34. The van der Waals surface area contributed by atoms with Crippen LogP contribution < -0.4 is 9.04 Å². The molecule has 0 saturated heterocycles. The maximum absolute atomic E-state index is 14.1. The molecule has 116 valence electrons. The molecule has 3 rings (SSSR count). The van der Waals surface area contributed by atoms with Crippen molar-refractivity contribution in [3.05, 3.63) is 53.3 Å². The topological polar surface area (TPSA) is 46.6 Å². The number of halogens is 1. The van der Waals surface area contributed by atoms with Crippen LogP contribution in [0.4, 0.5) is 10.1 Å². The van der Waals surface area contributed by atoms with E-state index in [1.54, 1.807) is 37.3 Å². The number of para-hydroxylation sites is 1. The Kier molecular flexibility index (Phi) is 3.56. The number of aryl methyl sites for hydroxylation is 1. The van der Waals surface area contributed by atoms with Gasteiger partial charge in [-0.2, -0.15) is 0 Å². The van der Waals surface area contributed by atoms with Gasteiger partial charge in [0.15, 0.2) is 0 Å². The van der Waals surface area contributed by atoms with Gasteiger partial charge in [0, 0.05) is 6.54 Å². The van der Waals surface area contributed by atoms with Gasteiger partial charge in [-0.3, -0.25) is 4.31 Å². The van der Waals surface area contributed by atoms with Crippen LogP contribution in [0.25, 0.3) is 0 Å². The summed E-state index contributed by atoms with van der Waals surface area (Å²) in [5, 5.41) is 0. The van der Waals surface area contributed by atoms with Gasteiger partial charge in [-0.1, -0.05) is 18.2 Å². The fraction of sp³-hybridized carbons (Fsp3) is 0.250. The maximum Gasteiger partial charge on any atom is 0.268 e. The Balaban J connectivity index is 2.16. The van der Waals surface area contributed by atoms with E-state index in [1.807, 2.05) is 0 Å². The van der Waals surface area contributed by atoms with Gasteiger partial charge >= 0.3 is 0 Å². The standard InChI is InChI=1S/C16H16FNO3S/c1-11-6-7-14(21-2)15(10-11)22(19,20)18-9-8-12-4-3-5-13(17)16(12)18/h3-7,10H,8-9H2,1-2H3. The summed E-state index contributed by atoms with van der Waals surface area (Å²) in [6, 6.07) is 9.56. The lowest BCUT2D eigenvalue weighted by Crippen LogP contribution is -2.30. The van der Waals surface area contributed by atoms with Gasteiger partial charge in [0.05, 0.1) is 12.8 Å². The van der Waals surface area contributed by atoms with Crippen LogP contribution in [-0.2, 0) is 16.4 Å². The van der Waals surface area contributed by atoms with Gasteiger partial charge in [-0.05, 0) is 42.7 Å². The van der Waals surface area contributed by atoms with Crippen LogP contribution >= 0.6 is 0 Å². The Morgan fingerprint density at radius 2 is 2.00 bits per heavy atom. The van der Waals surface area contributed by atoms with E-state index in [2.05, 4.69) is 0 Å². The van der Waals surface area contributed by atoms with Gasteiger partial charge in [-0.15, -0.1) is 0 Å². The first-order chi connectivity index (χ1) is 10.4. The number of hydrogen-bond donors (Lipinski definition) is 0. The van der Waals surface area contributed by atoms with Gasteiger partial charge < -0.3 is 4.74 Å². The number of anilines is 1. The third-order valence-corrected chi connectivity index (χ3v) is 5.61. The van der Waals surface area contributed by atoms with E-state index >= 15 is 0 Å². The summed E-state index contributed by atoms with van der Waals surface area (Å²) >= 11 is 0. The average Bonchev–Trinajstić information content (AvgIpc) is 2.93. The number of hydrogen-bond acceptors (Lipinski definition) is 3. The van der Waals surface area contributed by atoms with Crippen LogP contribution in [-0.4, -0.2) is 22.1 Å². The van der Waals surface area contributed by atoms with E-state index in [1.165, 1.54) is 13.2 Å². The molecular weight excluding hydrogens is 305 g/mol. The van der Waals surface area contributed by atoms with Crippen LogP contribution in [0.1, 0.15) is 11.1 Å². The lowest BCUT2D eigenvalue weighted by atomic mass is 10.2. The SMILES string of the molecule is COc1ccc(C)cc1S(=O)(=O)N1CCc2cccc(F)c21. The predicted octanol–water partition coefficient (Wildman–Crippen LogP) is 2.89. The number of nitrogens with zero attached hydrogens (tertiary/aromatic N) is 1. The second kappa shape index (κ2) is 5.28. The summed E-state index contributed by atoms with van der Waals surface area (Å²) < 4.78 is 46.3. The van der Waals surface area contributed by atoms with Crippen molar-refractivity contribution < 1.29 is 17.5 Å². The largest absolute Gasteiger partial charge is 0.495 e. The van der Waals surface area contributed by atoms with Crippen molar-refractivity contribution in [2.24, 2.45) is 0 Å². The molecule has 0 N–H and O–H groups in total. The monoisotopic (exact) mass is 321 g/mol. The molecule has 0 aliphatic carbocycles. The molecule has 0 radical (unpaired) electrons. The summed E-state index contributed by atoms with van der Waals surface area (Å²) in [5.41, 5.74) is 1.65. The lowest BCUT2D eigenvalue weighted by molar-refractivity contribution is 0.402. The number of fused-ring (bicyclic) bond motifs is 1. The van der Waals surface area contributed by atoms with E-state index in [0.717, 1.165) is 9.87 Å². The van der Waals surface area contributed by atoms with Gasteiger partial charge in [0.2, 0.25) is 0 Å². The Hall–Kier alpha value is -2.08. The van der Waals surface area contributed by atoms with E-state index in [9.17, 15) is 12.8 Å². The summed E-state index contributed by atoms with van der Waals surface area (Å²) in [4.78, 5) is 0.0612. The molecule has 6 heteroatoms. The molecular formula is C16H16FNO3S. The van der Waals surface area contributed by atoms with Crippen LogP contribution in [0.5, 0.6) is 5.75 Å². The van der Waals surface area contributed by atoms with Gasteiger partial charge in [-0.25, -0.2) is 12.8 Å². The third-order valence-electron chi connectivity index (χ3n) is 3.79. The van der Waals surface area contributed by atoms with E-state index in [4.69, 9.17) is 4.74 Å². The first-order valence-electron chi connectivity index (χ1n) is 6.90. The molecule has 0 bridgehead atoms. The third kappa shape index (κ3) is 2.23. The first-order valence-corrected chi connectivity index (χ1v) is 8.34. The average molecular weight is 321 g/mol. The minimum atomic E-state index is -3.87. The molecule has 1 aliphatic rings. The molecule has 0 amide bonds. The maximum atomic E-state index is 14.1. The molecule has 2 aromatic rings. The smallest absolute Gasteiger partial charge is 0.268 e. The first kappa shape index (κ1) is 14.8. The highest BCUT2D eigenvalue weighted by atomic mass is 32.2. The van der Waals surface area contributed by atoms with Crippen molar-refractivity contribution in [2.75, 3.05) is 18.0 Å². The Bertz CT molecular complexity index is 833. The fourth-order valence-corrected chi connectivity index (χ4v) is 4.47. The van der Waals surface area contributed by atoms with Crippen molar-refractivity contribution in [3.63, 3.8) is 0 Å². The second-order valence-corrected chi connectivity index (χ2v) is 7.06. The molecule has 2 aromatic carbocycles. The van der Waals surface area contributed by atoms with Crippen LogP contribution in [0.3, 0.4) is 0 Å². The molecule has 22 heavy (non-hydrogen) atoms. The molecule has 4 nitrogen and oxygen atoms in total. The number of sulfonamides is 1. The minimum absolute atomic E-state index is 0.0612. The zero-order valence-corrected chi connectivity index (χ0v) is 13.2. The molecule has 0 saturated carbocycles. The summed E-state index contributed by atoms with van der Waals surface area (Å²) in [7, 11) is -2.45. The molecule has 0 spiro atoms. The molecule has 1 heterocycles. The van der Waals surface area contributed by atoms with Gasteiger partial charge in [0.1, 0.15) is 16.5 Å². The number of benzene rings is 2. The highest BCUT2D eigenvalue weighted by molar-refractivity contribution is 7.93. The molecule has 1 aliphatic heterocycles. The molecule has 0 unspecified atom stereocenters. The quantitative estimate of drug-likeness (QED) is 0.873. The van der Waals surface area contributed by atoms with Gasteiger partial charge in [0.25, 0.3) is 10.0 Å². The van der Waals surface area contributed by atoms with Crippen molar-refractivity contribution >= 4 is 15.7 Å². The van der Waals surface area contributed by atoms with Crippen molar-refractivity contribution in [1.82, 2.24) is 0 Å². The predicted molar refractivity (Wildman–Crippen MR) is 82.4 cm³/mol. The molecule has 0 fully saturated rings. The minimum Gasteiger partial charge on any atom is -0.495 e. The fourth-order valence-electron chi connectivity index (χ4n) is 2.72. The zero-order chi connectivity index (χ0) is 15.9. The Morgan fingerprint density at radius 3 is 2.73 bits per heavy atom. The van der Waals surface area contributed by atoms with Crippen molar-refractivity contribution in [2.45, 2.75) is 18.2 Å².